The average molecular weight is 386 g/mol. The molecule has 0 aliphatic rings. The first-order chi connectivity index (χ1) is 9.10. The lowest BCUT2D eigenvalue weighted by molar-refractivity contribution is 0.171. The van der Waals surface area contributed by atoms with Crippen LogP contribution in [0.1, 0.15) is 30.0 Å². The zero-order valence-corrected chi connectivity index (χ0v) is 13.6. The van der Waals surface area contributed by atoms with Crippen LogP contribution in [0.2, 0.25) is 0 Å². The van der Waals surface area contributed by atoms with Crippen molar-refractivity contribution in [2.75, 3.05) is 0 Å². The molecule has 0 saturated heterocycles. The summed E-state index contributed by atoms with van der Waals surface area (Å²) in [7, 11) is 0. The van der Waals surface area contributed by atoms with Gasteiger partial charge in [-0.25, -0.2) is 0 Å². The van der Waals surface area contributed by atoms with Crippen LogP contribution in [0, 0.1) is 0 Å². The topological polar surface area (TPSA) is 46.0 Å². The second-order valence-electron chi connectivity index (χ2n) is 4.25. The molecule has 3 nitrogen and oxygen atoms in total. The van der Waals surface area contributed by atoms with Crippen molar-refractivity contribution in [3.63, 3.8) is 0 Å². The summed E-state index contributed by atoms with van der Waals surface area (Å²) in [6.45, 7) is 2.09. The molecule has 1 N–H and O–H groups in total. The second-order valence-corrected chi connectivity index (χ2v) is 6.02. The summed E-state index contributed by atoms with van der Waals surface area (Å²) in [4.78, 5) is 8.59. The maximum absolute atomic E-state index is 10.2. The van der Waals surface area contributed by atoms with E-state index in [0.717, 1.165) is 21.1 Å². The SMILES string of the molecule is CCc1ccc(CC(O)c2ncc(Br)cc2Br)nc1. The van der Waals surface area contributed by atoms with Gasteiger partial charge < -0.3 is 5.11 Å². The lowest BCUT2D eigenvalue weighted by atomic mass is 10.1. The summed E-state index contributed by atoms with van der Waals surface area (Å²) < 4.78 is 1.67. The third-order valence-corrected chi connectivity index (χ3v) is 3.92. The molecular weight excluding hydrogens is 372 g/mol. The monoisotopic (exact) mass is 384 g/mol. The molecule has 2 aromatic heterocycles. The quantitative estimate of drug-likeness (QED) is 0.869. The summed E-state index contributed by atoms with van der Waals surface area (Å²) in [5, 5.41) is 10.2. The minimum atomic E-state index is -0.664. The third kappa shape index (κ3) is 3.84. The molecule has 0 fully saturated rings. The molecule has 0 radical (unpaired) electrons. The van der Waals surface area contributed by atoms with Gasteiger partial charge in [0.15, 0.2) is 0 Å². The third-order valence-electron chi connectivity index (χ3n) is 2.85. The molecule has 0 spiro atoms. The number of hydrogen-bond donors (Lipinski definition) is 1. The molecule has 0 saturated carbocycles. The van der Waals surface area contributed by atoms with Crippen molar-refractivity contribution in [1.29, 1.82) is 0 Å². The smallest absolute Gasteiger partial charge is 0.103 e. The average Bonchev–Trinajstić information content (AvgIpc) is 2.39. The van der Waals surface area contributed by atoms with Gasteiger partial charge >= 0.3 is 0 Å². The highest BCUT2D eigenvalue weighted by Crippen LogP contribution is 2.26. The highest BCUT2D eigenvalue weighted by Gasteiger charge is 2.14. The van der Waals surface area contributed by atoms with Crippen LogP contribution in [0.4, 0.5) is 0 Å². The maximum Gasteiger partial charge on any atom is 0.103 e. The van der Waals surface area contributed by atoms with Crippen LogP contribution < -0.4 is 0 Å². The first kappa shape index (κ1) is 14.6. The Morgan fingerprint density at radius 1 is 1.21 bits per heavy atom. The van der Waals surface area contributed by atoms with Crippen LogP contribution >= 0.6 is 31.9 Å². The Morgan fingerprint density at radius 3 is 2.58 bits per heavy atom. The van der Waals surface area contributed by atoms with Gasteiger partial charge in [0.2, 0.25) is 0 Å². The number of aromatic nitrogens is 2. The van der Waals surface area contributed by atoms with Gasteiger partial charge in [0.25, 0.3) is 0 Å². The fourth-order valence-electron chi connectivity index (χ4n) is 1.75. The molecule has 2 aromatic rings. The Bertz CT molecular complexity index is 558. The molecule has 2 heterocycles. The summed E-state index contributed by atoms with van der Waals surface area (Å²) in [5.74, 6) is 0. The molecule has 5 heteroatoms. The first-order valence-corrected chi connectivity index (χ1v) is 7.61. The van der Waals surface area contributed by atoms with E-state index in [2.05, 4.69) is 48.8 Å². The van der Waals surface area contributed by atoms with Gasteiger partial charge in [0.05, 0.1) is 5.69 Å². The Hall–Kier alpha value is -0.780. The molecule has 0 amide bonds. The van der Waals surface area contributed by atoms with E-state index < -0.39 is 6.10 Å². The van der Waals surface area contributed by atoms with Crippen LogP contribution in [-0.4, -0.2) is 15.1 Å². The minimum Gasteiger partial charge on any atom is -0.386 e. The molecule has 1 atom stereocenters. The molecule has 100 valence electrons. The van der Waals surface area contributed by atoms with Crippen molar-refractivity contribution in [1.82, 2.24) is 9.97 Å². The molecule has 0 bridgehead atoms. The number of pyridine rings is 2. The number of hydrogen-bond acceptors (Lipinski definition) is 3. The van der Waals surface area contributed by atoms with Gasteiger partial charge in [-0.1, -0.05) is 13.0 Å². The largest absolute Gasteiger partial charge is 0.386 e. The number of aliphatic hydroxyl groups is 1. The van der Waals surface area contributed by atoms with Crippen LogP contribution in [0.3, 0.4) is 0 Å². The summed E-state index contributed by atoms with van der Waals surface area (Å²) in [5.41, 5.74) is 2.69. The van der Waals surface area contributed by atoms with Gasteiger partial charge in [0, 0.05) is 33.5 Å². The van der Waals surface area contributed by atoms with Crippen LogP contribution in [-0.2, 0) is 12.8 Å². The molecular formula is C14H14Br2N2O. The molecule has 1 unspecified atom stereocenters. The second kappa shape index (κ2) is 6.59. The van der Waals surface area contributed by atoms with E-state index in [1.165, 1.54) is 5.56 Å². The molecule has 0 aromatic carbocycles. The fourth-order valence-corrected chi connectivity index (χ4v) is 3.00. The van der Waals surface area contributed by atoms with Crippen LogP contribution in [0.25, 0.3) is 0 Å². The molecule has 0 aliphatic carbocycles. The lowest BCUT2D eigenvalue weighted by Gasteiger charge is -2.12. The van der Waals surface area contributed by atoms with Gasteiger partial charge in [-0.3, -0.25) is 9.97 Å². The van der Waals surface area contributed by atoms with E-state index in [1.807, 2.05) is 24.4 Å². The maximum atomic E-state index is 10.2. The summed E-state index contributed by atoms with van der Waals surface area (Å²) >= 11 is 6.75. The Labute approximate surface area is 129 Å². The Kier molecular flexibility index (Phi) is 5.07. The van der Waals surface area contributed by atoms with Crippen molar-refractivity contribution < 1.29 is 5.11 Å². The minimum absolute atomic E-state index is 0.456. The molecule has 2 rings (SSSR count). The zero-order valence-electron chi connectivity index (χ0n) is 10.5. The van der Waals surface area contributed by atoms with E-state index in [9.17, 15) is 5.11 Å². The number of halogens is 2. The summed E-state index contributed by atoms with van der Waals surface area (Å²) in [6.07, 6.45) is 4.29. The van der Waals surface area contributed by atoms with Gasteiger partial charge in [0.1, 0.15) is 6.10 Å². The number of aryl methyl sites for hydroxylation is 1. The highest BCUT2D eigenvalue weighted by molar-refractivity contribution is 9.11. The predicted molar refractivity (Wildman–Crippen MR) is 81.9 cm³/mol. The predicted octanol–water partition coefficient (Wildman–Crippen LogP) is 3.84. The lowest BCUT2D eigenvalue weighted by Crippen LogP contribution is -2.06. The normalized spacial score (nSPS) is 12.4. The van der Waals surface area contributed by atoms with Gasteiger partial charge in [-0.05, 0) is 56.0 Å². The van der Waals surface area contributed by atoms with Crippen LogP contribution in [0.15, 0.2) is 39.5 Å². The first-order valence-electron chi connectivity index (χ1n) is 6.03. The van der Waals surface area contributed by atoms with Crippen molar-refractivity contribution >= 4 is 31.9 Å². The van der Waals surface area contributed by atoms with Gasteiger partial charge in [-0.15, -0.1) is 0 Å². The highest BCUT2D eigenvalue weighted by atomic mass is 79.9. The van der Waals surface area contributed by atoms with Crippen molar-refractivity contribution in [3.05, 3.63) is 56.5 Å². The van der Waals surface area contributed by atoms with E-state index in [0.29, 0.717) is 12.1 Å². The van der Waals surface area contributed by atoms with Crippen molar-refractivity contribution in [3.8, 4) is 0 Å². The van der Waals surface area contributed by atoms with E-state index in [4.69, 9.17) is 0 Å². The summed E-state index contributed by atoms with van der Waals surface area (Å²) in [6, 6.07) is 5.87. The number of aliphatic hydroxyl groups excluding tert-OH is 1. The number of rotatable bonds is 4. The standard InChI is InChI=1S/C14H14Br2N2O/c1-2-9-3-4-11(17-7-9)6-13(19)14-12(16)5-10(15)8-18-14/h3-5,7-8,13,19H,2,6H2,1H3. The van der Waals surface area contributed by atoms with Gasteiger partial charge in [-0.2, -0.15) is 0 Å². The zero-order chi connectivity index (χ0) is 13.8. The van der Waals surface area contributed by atoms with Crippen molar-refractivity contribution in [2.45, 2.75) is 25.9 Å². The molecule has 0 aliphatic heterocycles. The molecule has 19 heavy (non-hydrogen) atoms. The van der Waals surface area contributed by atoms with E-state index in [1.54, 1.807) is 6.20 Å². The fraction of sp³-hybridized carbons (Fsp3) is 0.286. The van der Waals surface area contributed by atoms with Crippen molar-refractivity contribution in [2.24, 2.45) is 0 Å². The van der Waals surface area contributed by atoms with E-state index >= 15 is 0 Å². The number of nitrogens with zero attached hydrogens (tertiary/aromatic N) is 2. The van der Waals surface area contributed by atoms with E-state index in [-0.39, 0.29) is 0 Å². The Morgan fingerprint density at radius 2 is 2.00 bits per heavy atom. The Balaban J connectivity index is 2.13. The van der Waals surface area contributed by atoms with Crippen LogP contribution in [0.5, 0.6) is 0 Å².